The lowest BCUT2D eigenvalue weighted by Gasteiger charge is -2.33. The number of fused-ring (bicyclic) bond motifs is 41. The van der Waals surface area contributed by atoms with Crippen LogP contribution in [-0.4, -0.2) is 0 Å². The van der Waals surface area contributed by atoms with Gasteiger partial charge < -0.3 is 18.2 Å². The summed E-state index contributed by atoms with van der Waals surface area (Å²) < 4.78 is 20.6. The standard InChI is InChI=1S/C107H69NO3/c1-103(2)81-46-48-94-99(69-30-14-21-37-91(69)109-94)97(81)75-56-85-73(54-86(75)103)66-43-40-59(50-83(66)104(85,3)4)108(60-42-45-68-84(51-60)105(5,6)90-53-72(58-24-8-7-9-25-58)102-101(96(68)90)71-32-16-23-39-93(71)111-102)61-41-44-67-74-55-89-76(57-88(74)107(87(67)52-61)79-35-19-12-28-64(79)65-29-13-20-36-80(65)107)98-82(47-49-95-100(98)70-31-15-22-38-92(70)110-95)106(89)77-33-17-10-26-62(77)63-27-11-18-34-78(63)106/h7-57H,1-6H3. The van der Waals surface area contributed by atoms with Gasteiger partial charge in [-0.3, -0.25) is 0 Å². The number of rotatable bonds is 4. The molecular weight excluding hydrogens is 1350 g/mol. The van der Waals surface area contributed by atoms with Gasteiger partial charge in [-0.1, -0.05) is 254 Å². The van der Waals surface area contributed by atoms with E-state index < -0.39 is 16.2 Å². The van der Waals surface area contributed by atoms with Crippen LogP contribution in [0.3, 0.4) is 0 Å². The zero-order chi connectivity index (χ0) is 73.2. The number of hydrogen-bond acceptors (Lipinski definition) is 4. The van der Waals surface area contributed by atoms with E-state index in [2.05, 4.69) is 356 Å². The fourth-order valence-corrected chi connectivity index (χ4v) is 23.1. The number of benzene rings is 16. The Morgan fingerprint density at radius 2 is 0.550 bits per heavy atom. The summed E-state index contributed by atoms with van der Waals surface area (Å²) in [5, 5.41) is 6.97. The van der Waals surface area contributed by atoms with Gasteiger partial charge in [0.05, 0.1) is 10.8 Å². The van der Waals surface area contributed by atoms with E-state index in [1.807, 2.05) is 0 Å². The molecule has 0 saturated carbocycles. The van der Waals surface area contributed by atoms with E-state index in [9.17, 15) is 0 Å². The van der Waals surface area contributed by atoms with Gasteiger partial charge in [-0.25, -0.2) is 0 Å². The van der Waals surface area contributed by atoms with Gasteiger partial charge in [0.15, 0.2) is 0 Å². The SMILES string of the molecule is CC1(C)c2cc(N(c3ccc4c(c3)C(C)(C)c3cc(-c5ccccc5)c5oc6ccccc6c5c3-4)c3ccc4c(c3)C3(c5ccccc5-c5ccccc53)c3cc5c(cc3-4)C3(c4ccccc4-c4ccccc43)c3ccc4oc6ccccc6c4c3-5)ccc2-c2cc3c(cc21)-c1c(ccc2oc4ccccc4c12)C3(C)C. The number of furan rings is 3. The van der Waals surface area contributed by atoms with Crippen LogP contribution in [-0.2, 0) is 27.1 Å². The van der Waals surface area contributed by atoms with E-state index >= 15 is 0 Å². The van der Waals surface area contributed by atoms with Crippen molar-refractivity contribution in [2.24, 2.45) is 0 Å². The number of anilines is 3. The highest BCUT2D eigenvalue weighted by atomic mass is 16.3. The van der Waals surface area contributed by atoms with E-state index in [4.69, 9.17) is 13.3 Å². The first-order chi connectivity index (χ1) is 54.3. The quantitative estimate of drug-likeness (QED) is 0.176. The molecule has 4 nitrogen and oxygen atoms in total. The summed E-state index contributed by atoms with van der Waals surface area (Å²) in [6, 6.07) is 118. The molecule has 7 aliphatic carbocycles. The van der Waals surface area contributed by atoms with Gasteiger partial charge in [0.25, 0.3) is 0 Å². The highest BCUT2D eigenvalue weighted by Crippen LogP contribution is 2.70. The summed E-state index contributed by atoms with van der Waals surface area (Å²) in [7, 11) is 0. The van der Waals surface area contributed by atoms with Crippen molar-refractivity contribution in [2.45, 2.75) is 68.6 Å². The highest BCUT2D eigenvalue weighted by Gasteiger charge is 2.57. The van der Waals surface area contributed by atoms with Crippen LogP contribution in [0, 0.1) is 0 Å². The molecule has 3 aromatic heterocycles. The number of hydrogen-bond donors (Lipinski definition) is 0. The largest absolute Gasteiger partial charge is 0.456 e. The summed E-state index contributed by atoms with van der Waals surface area (Å²) in [5.74, 6) is 0. The summed E-state index contributed by atoms with van der Waals surface area (Å²) in [4.78, 5) is 2.61. The van der Waals surface area contributed by atoms with Gasteiger partial charge in [-0.05, 0) is 258 Å². The molecule has 0 N–H and O–H groups in total. The van der Waals surface area contributed by atoms with Crippen molar-refractivity contribution in [3.63, 3.8) is 0 Å². The minimum Gasteiger partial charge on any atom is -0.456 e. The first-order valence-corrected chi connectivity index (χ1v) is 39.3. The third-order valence-corrected chi connectivity index (χ3v) is 27.9. The fraction of sp³-hybridized carbons (Fsp3) is 0.103. The molecule has 26 rings (SSSR count). The average molecular weight is 1420 g/mol. The Kier molecular flexibility index (Phi) is 11.1. The molecule has 16 aromatic carbocycles. The van der Waals surface area contributed by atoms with E-state index in [0.29, 0.717) is 0 Å². The molecule has 7 aliphatic rings. The summed E-state index contributed by atoms with van der Waals surface area (Å²) in [6.07, 6.45) is 0. The Hall–Kier alpha value is -13.3. The molecule has 4 heteroatoms. The molecular formula is C107H69NO3. The molecule has 0 unspecified atom stereocenters. The fourth-order valence-electron chi connectivity index (χ4n) is 23.1. The molecule has 0 radical (unpaired) electrons. The number of nitrogens with zero attached hydrogens (tertiary/aromatic N) is 1. The van der Waals surface area contributed by atoms with E-state index in [0.717, 1.165) is 77.8 Å². The third-order valence-electron chi connectivity index (χ3n) is 27.9. The molecule has 0 fully saturated rings. The minimum atomic E-state index is -0.734. The Balaban J connectivity index is 0.728. The summed E-state index contributed by atoms with van der Waals surface area (Å²) in [5.41, 5.74) is 44.8. The van der Waals surface area contributed by atoms with Crippen molar-refractivity contribution in [2.75, 3.05) is 4.90 Å². The molecule has 111 heavy (non-hydrogen) atoms. The summed E-state index contributed by atoms with van der Waals surface area (Å²) in [6.45, 7) is 14.6. The maximum Gasteiger partial charge on any atom is 0.143 e. The van der Waals surface area contributed by atoms with Crippen LogP contribution in [0.25, 0.3) is 155 Å². The average Bonchev–Trinajstić information content (AvgIpc) is 1.48. The second-order valence-corrected chi connectivity index (χ2v) is 33.9. The van der Waals surface area contributed by atoms with Crippen LogP contribution in [0.5, 0.6) is 0 Å². The molecule has 0 bridgehead atoms. The van der Waals surface area contributed by atoms with Gasteiger partial charge in [-0.15, -0.1) is 0 Å². The highest BCUT2D eigenvalue weighted by molar-refractivity contribution is 6.21. The van der Waals surface area contributed by atoms with Crippen molar-refractivity contribution < 1.29 is 13.3 Å². The summed E-state index contributed by atoms with van der Waals surface area (Å²) >= 11 is 0. The molecule has 0 aliphatic heterocycles. The van der Waals surface area contributed by atoms with Crippen molar-refractivity contribution in [3.05, 3.63) is 387 Å². The topological polar surface area (TPSA) is 42.7 Å². The molecule has 0 saturated heterocycles. The van der Waals surface area contributed by atoms with Crippen LogP contribution in [0.4, 0.5) is 17.1 Å². The lowest BCUT2D eigenvalue weighted by Crippen LogP contribution is -2.27. The predicted molar refractivity (Wildman–Crippen MR) is 454 cm³/mol. The molecule has 19 aromatic rings. The second-order valence-electron chi connectivity index (χ2n) is 33.9. The molecule has 2 spiro atoms. The van der Waals surface area contributed by atoms with E-state index in [1.54, 1.807) is 0 Å². The molecule has 0 atom stereocenters. The van der Waals surface area contributed by atoms with E-state index in [1.165, 1.54) is 172 Å². The van der Waals surface area contributed by atoms with Crippen LogP contribution in [0.1, 0.15) is 119 Å². The minimum absolute atomic E-state index is 0.248. The Morgan fingerprint density at radius 3 is 1.14 bits per heavy atom. The van der Waals surface area contributed by atoms with Crippen molar-refractivity contribution in [1.82, 2.24) is 0 Å². The zero-order valence-corrected chi connectivity index (χ0v) is 62.1. The number of para-hydroxylation sites is 3. The van der Waals surface area contributed by atoms with Crippen molar-refractivity contribution >= 4 is 82.9 Å². The van der Waals surface area contributed by atoms with Gasteiger partial charge in [0.1, 0.15) is 33.5 Å². The Bertz CT molecular complexity index is 7470. The van der Waals surface area contributed by atoms with Gasteiger partial charge in [-0.2, -0.15) is 0 Å². The van der Waals surface area contributed by atoms with Crippen LogP contribution < -0.4 is 4.90 Å². The predicted octanol–water partition coefficient (Wildman–Crippen LogP) is 28.1. The van der Waals surface area contributed by atoms with Crippen LogP contribution in [0.2, 0.25) is 0 Å². The van der Waals surface area contributed by atoms with Crippen molar-refractivity contribution in [1.29, 1.82) is 0 Å². The lowest BCUT2D eigenvalue weighted by atomic mass is 9.68. The molecule has 520 valence electrons. The molecule has 3 heterocycles. The normalized spacial score (nSPS) is 15.8. The second kappa shape index (κ2) is 20.3. The van der Waals surface area contributed by atoms with E-state index in [-0.39, 0.29) is 10.8 Å². The van der Waals surface area contributed by atoms with Crippen molar-refractivity contribution in [3.8, 4) is 89.0 Å². The lowest BCUT2D eigenvalue weighted by molar-refractivity contribution is 0.651. The van der Waals surface area contributed by atoms with Crippen LogP contribution >= 0.6 is 0 Å². The van der Waals surface area contributed by atoms with Gasteiger partial charge in [0.2, 0.25) is 0 Å². The maximum absolute atomic E-state index is 7.03. The van der Waals surface area contributed by atoms with Gasteiger partial charge >= 0.3 is 0 Å². The Morgan fingerprint density at radius 1 is 0.207 bits per heavy atom. The maximum atomic E-state index is 7.03. The molecule has 0 amide bonds. The zero-order valence-electron chi connectivity index (χ0n) is 62.1. The third kappa shape index (κ3) is 7.14. The Labute approximate surface area is 641 Å². The van der Waals surface area contributed by atoms with Gasteiger partial charge in [0, 0.05) is 71.2 Å². The first kappa shape index (κ1) is 60.7. The first-order valence-electron chi connectivity index (χ1n) is 39.3. The monoisotopic (exact) mass is 1420 g/mol. The van der Waals surface area contributed by atoms with Crippen LogP contribution in [0.15, 0.2) is 323 Å². The smallest absolute Gasteiger partial charge is 0.143 e.